The molecule has 0 spiro atoms. The van der Waals surface area contributed by atoms with Gasteiger partial charge in [-0.3, -0.25) is 0 Å². The fraction of sp³-hybridized carbons (Fsp3) is 0.333. The molecule has 0 atom stereocenters. The Kier molecular flexibility index (Phi) is 2.95. The monoisotopic (exact) mass is 223 g/mol. The third kappa shape index (κ3) is 2.12. The van der Waals surface area contributed by atoms with Gasteiger partial charge >= 0.3 is 6.18 Å². The number of aryl methyl sites for hydroxylation is 1. The van der Waals surface area contributed by atoms with E-state index in [0.29, 0.717) is 0 Å². The van der Waals surface area contributed by atoms with E-state index < -0.39 is 11.7 Å². The average molecular weight is 224 g/mol. The Morgan fingerprint density at radius 2 is 1.93 bits per heavy atom. The van der Waals surface area contributed by atoms with Gasteiger partial charge in [0, 0.05) is 5.69 Å². The third-order valence-electron chi connectivity index (χ3n) is 1.86. The Balaban J connectivity index is 3.40. The molecule has 0 aliphatic heterocycles. The van der Waals surface area contributed by atoms with Crippen molar-refractivity contribution in [3.8, 4) is 0 Å². The number of rotatable bonds is 1. The Bertz CT molecular complexity index is 347. The molecule has 0 unspecified atom stereocenters. The molecule has 0 aliphatic carbocycles. The van der Waals surface area contributed by atoms with Crippen molar-refractivity contribution in [3.05, 3.63) is 28.3 Å². The van der Waals surface area contributed by atoms with E-state index in [0.717, 1.165) is 6.07 Å². The molecule has 78 valence electrons. The molecular weight excluding hydrogens is 215 g/mol. The van der Waals surface area contributed by atoms with Crippen LogP contribution in [0.25, 0.3) is 0 Å². The van der Waals surface area contributed by atoms with Crippen molar-refractivity contribution in [3.63, 3.8) is 0 Å². The molecule has 0 saturated carbocycles. The van der Waals surface area contributed by atoms with E-state index in [1.165, 1.54) is 6.07 Å². The van der Waals surface area contributed by atoms with Crippen LogP contribution in [-0.2, 0) is 12.6 Å². The Labute approximate surface area is 84.7 Å². The number of halogens is 4. The Morgan fingerprint density at radius 1 is 1.36 bits per heavy atom. The van der Waals surface area contributed by atoms with Crippen LogP contribution in [0.3, 0.4) is 0 Å². The Hall–Kier alpha value is -0.900. The lowest BCUT2D eigenvalue weighted by Crippen LogP contribution is -2.10. The highest BCUT2D eigenvalue weighted by Crippen LogP contribution is 2.38. The van der Waals surface area contributed by atoms with Crippen molar-refractivity contribution in [2.75, 3.05) is 5.73 Å². The first-order chi connectivity index (χ1) is 6.36. The predicted octanol–water partition coefficient (Wildman–Crippen LogP) is 3.50. The molecule has 0 heterocycles. The van der Waals surface area contributed by atoms with Gasteiger partial charge in [0.05, 0.1) is 10.6 Å². The number of hydrogen-bond donors (Lipinski definition) is 1. The number of anilines is 1. The molecule has 1 aromatic rings. The van der Waals surface area contributed by atoms with Crippen molar-refractivity contribution >= 4 is 17.3 Å². The molecule has 0 radical (unpaired) electrons. The second kappa shape index (κ2) is 3.69. The number of benzene rings is 1. The minimum atomic E-state index is -4.42. The molecule has 5 heteroatoms. The lowest BCUT2D eigenvalue weighted by atomic mass is 10.0. The predicted molar refractivity (Wildman–Crippen MR) is 50.2 cm³/mol. The van der Waals surface area contributed by atoms with Gasteiger partial charge < -0.3 is 5.73 Å². The summed E-state index contributed by atoms with van der Waals surface area (Å²) in [6.45, 7) is 1.63. The molecule has 1 rings (SSSR count). The molecule has 2 N–H and O–H groups in total. The van der Waals surface area contributed by atoms with E-state index in [1.54, 1.807) is 6.92 Å². The van der Waals surface area contributed by atoms with E-state index in [2.05, 4.69) is 0 Å². The summed E-state index contributed by atoms with van der Waals surface area (Å²) in [7, 11) is 0. The van der Waals surface area contributed by atoms with Crippen LogP contribution in [0.1, 0.15) is 18.1 Å². The van der Waals surface area contributed by atoms with E-state index in [1.807, 2.05) is 0 Å². The molecule has 1 nitrogen and oxygen atoms in total. The second-order valence-corrected chi connectivity index (χ2v) is 3.30. The van der Waals surface area contributed by atoms with Crippen molar-refractivity contribution in [2.45, 2.75) is 19.5 Å². The molecular formula is C9H9ClF3N. The molecule has 1 aromatic carbocycles. The molecule has 0 fully saturated rings. The summed E-state index contributed by atoms with van der Waals surface area (Å²) in [5, 5.41) is -0.339. The van der Waals surface area contributed by atoms with E-state index in [9.17, 15) is 13.2 Å². The highest BCUT2D eigenvalue weighted by molar-refractivity contribution is 6.31. The summed E-state index contributed by atoms with van der Waals surface area (Å²) in [5.41, 5.74) is 4.99. The van der Waals surface area contributed by atoms with Crippen molar-refractivity contribution in [1.82, 2.24) is 0 Å². The second-order valence-electron chi connectivity index (χ2n) is 2.89. The lowest BCUT2D eigenvalue weighted by molar-refractivity contribution is -0.138. The summed E-state index contributed by atoms with van der Waals surface area (Å²) < 4.78 is 37.5. The van der Waals surface area contributed by atoms with Crippen LogP contribution < -0.4 is 5.73 Å². The summed E-state index contributed by atoms with van der Waals surface area (Å²) in [6.07, 6.45) is -4.17. The molecule has 0 saturated heterocycles. The normalized spacial score (nSPS) is 11.8. The van der Waals surface area contributed by atoms with Crippen LogP contribution >= 0.6 is 11.6 Å². The van der Waals surface area contributed by atoms with Gasteiger partial charge in [-0.05, 0) is 24.1 Å². The van der Waals surface area contributed by atoms with Crippen molar-refractivity contribution in [1.29, 1.82) is 0 Å². The van der Waals surface area contributed by atoms with Crippen LogP contribution in [-0.4, -0.2) is 0 Å². The molecule has 14 heavy (non-hydrogen) atoms. The molecule has 0 bridgehead atoms. The van der Waals surface area contributed by atoms with E-state index in [-0.39, 0.29) is 22.7 Å². The topological polar surface area (TPSA) is 26.0 Å². The zero-order valence-corrected chi connectivity index (χ0v) is 8.21. The van der Waals surface area contributed by atoms with Gasteiger partial charge in [0.25, 0.3) is 0 Å². The van der Waals surface area contributed by atoms with Gasteiger partial charge in [-0.25, -0.2) is 0 Å². The SMILES string of the molecule is CCc1cc(N)cc(Cl)c1C(F)(F)F. The van der Waals surface area contributed by atoms with Crippen molar-refractivity contribution in [2.24, 2.45) is 0 Å². The molecule has 0 amide bonds. The standard InChI is InChI=1S/C9H9ClF3N/c1-2-5-3-6(14)4-7(10)8(5)9(11,12)13/h3-4H,2,14H2,1H3. The third-order valence-corrected chi connectivity index (χ3v) is 2.16. The van der Waals surface area contributed by atoms with Gasteiger partial charge in [-0.2, -0.15) is 13.2 Å². The largest absolute Gasteiger partial charge is 0.418 e. The highest BCUT2D eigenvalue weighted by atomic mass is 35.5. The van der Waals surface area contributed by atoms with Crippen LogP contribution in [0.2, 0.25) is 5.02 Å². The first-order valence-corrected chi connectivity index (χ1v) is 4.39. The van der Waals surface area contributed by atoms with Crippen LogP contribution in [0.15, 0.2) is 12.1 Å². The summed E-state index contributed by atoms with van der Waals surface area (Å²) >= 11 is 5.50. The smallest absolute Gasteiger partial charge is 0.399 e. The Morgan fingerprint density at radius 3 is 2.36 bits per heavy atom. The van der Waals surface area contributed by atoms with Gasteiger partial charge in [-0.1, -0.05) is 18.5 Å². The fourth-order valence-corrected chi connectivity index (χ4v) is 1.64. The number of hydrogen-bond acceptors (Lipinski definition) is 1. The first kappa shape index (κ1) is 11.2. The highest BCUT2D eigenvalue weighted by Gasteiger charge is 2.35. The van der Waals surface area contributed by atoms with Crippen LogP contribution in [0, 0.1) is 0 Å². The first-order valence-electron chi connectivity index (χ1n) is 4.01. The van der Waals surface area contributed by atoms with Crippen LogP contribution in [0.4, 0.5) is 18.9 Å². The minimum Gasteiger partial charge on any atom is -0.399 e. The maximum Gasteiger partial charge on any atom is 0.418 e. The molecule has 0 aliphatic rings. The number of nitrogens with two attached hydrogens (primary N) is 1. The van der Waals surface area contributed by atoms with Crippen LogP contribution in [0.5, 0.6) is 0 Å². The van der Waals surface area contributed by atoms with Crippen molar-refractivity contribution < 1.29 is 13.2 Å². The quantitative estimate of drug-likeness (QED) is 0.725. The maximum atomic E-state index is 12.5. The summed E-state index contributed by atoms with van der Waals surface area (Å²) in [6, 6.07) is 2.41. The lowest BCUT2D eigenvalue weighted by Gasteiger charge is -2.14. The average Bonchev–Trinajstić information content (AvgIpc) is 1.99. The zero-order valence-electron chi connectivity index (χ0n) is 7.45. The minimum absolute atomic E-state index is 0.127. The van der Waals surface area contributed by atoms with E-state index >= 15 is 0 Å². The number of nitrogen functional groups attached to an aromatic ring is 1. The molecule has 0 aromatic heterocycles. The number of alkyl halides is 3. The fourth-order valence-electron chi connectivity index (χ4n) is 1.28. The van der Waals surface area contributed by atoms with Gasteiger partial charge in [0.15, 0.2) is 0 Å². The van der Waals surface area contributed by atoms with E-state index in [4.69, 9.17) is 17.3 Å². The zero-order chi connectivity index (χ0) is 10.9. The summed E-state index contributed by atoms with van der Waals surface area (Å²) in [5.74, 6) is 0. The van der Waals surface area contributed by atoms with Gasteiger partial charge in [0.1, 0.15) is 0 Å². The van der Waals surface area contributed by atoms with Gasteiger partial charge in [0.2, 0.25) is 0 Å². The summed E-state index contributed by atoms with van der Waals surface area (Å²) in [4.78, 5) is 0. The maximum absolute atomic E-state index is 12.5. The van der Waals surface area contributed by atoms with Gasteiger partial charge in [-0.15, -0.1) is 0 Å².